The van der Waals surface area contributed by atoms with E-state index < -0.39 is 0 Å². The first-order valence-electron chi connectivity index (χ1n) is 9.15. The third-order valence-electron chi connectivity index (χ3n) is 5.02. The summed E-state index contributed by atoms with van der Waals surface area (Å²) >= 11 is 0. The van der Waals surface area contributed by atoms with Crippen LogP contribution in [0.3, 0.4) is 0 Å². The van der Waals surface area contributed by atoms with Gasteiger partial charge in [0.2, 0.25) is 0 Å². The minimum Gasteiger partial charge on any atom is -0.441 e. The van der Waals surface area contributed by atoms with Crippen LogP contribution in [0.4, 0.5) is 0 Å². The van der Waals surface area contributed by atoms with Gasteiger partial charge >= 0.3 is 0 Å². The standard InChI is InChI=1S/C19H25N5O/c1-14-20-15(2)24(22-14)13-16-7-5-11-23(16)12-6-10-19-21-17-8-3-4-9-18(17)25-19/h3-4,8-9,16H,5-7,10-13H2,1-2H3/t16-/m1/s1. The quantitative estimate of drug-likeness (QED) is 0.690. The first kappa shape index (κ1) is 16.3. The summed E-state index contributed by atoms with van der Waals surface area (Å²) in [5, 5.41) is 4.51. The molecule has 0 saturated carbocycles. The van der Waals surface area contributed by atoms with Crippen molar-refractivity contribution in [3.05, 3.63) is 41.8 Å². The molecule has 1 saturated heterocycles. The third-order valence-corrected chi connectivity index (χ3v) is 5.02. The van der Waals surface area contributed by atoms with Gasteiger partial charge in [0.15, 0.2) is 11.5 Å². The number of fused-ring (bicyclic) bond motifs is 1. The molecule has 3 aromatic rings. The average molecular weight is 339 g/mol. The fraction of sp³-hybridized carbons (Fsp3) is 0.526. The molecule has 0 amide bonds. The molecule has 0 unspecified atom stereocenters. The molecule has 0 aliphatic carbocycles. The molecule has 1 aliphatic rings. The highest BCUT2D eigenvalue weighted by atomic mass is 16.3. The van der Waals surface area contributed by atoms with Gasteiger partial charge in [-0.3, -0.25) is 4.90 Å². The first-order chi connectivity index (χ1) is 12.2. The molecule has 1 atom stereocenters. The van der Waals surface area contributed by atoms with E-state index in [2.05, 4.69) is 24.6 Å². The van der Waals surface area contributed by atoms with Crippen LogP contribution in [-0.4, -0.2) is 43.8 Å². The summed E-state index contributed by atoms with van der Waals surface area (Å²) in [5.41, 5.74) is 1.84. The van der Waals surface area contributed by atoms with E-state index >= 15 is 0 Å². The van der Waals surface area contributed by atoms with Crippen molar-refractivity contribution < 1.29 is 4.42 Å². The number of aryl methyl sites for hydroxylation is 3. The number of nitrogens with zero attached hydrogens (tertiary/aromatic N) is 5. The number of para-hydroxylation sites is 2. The van der Waals surface area contributed by atoms with Gasteiger partial charge in [0.1, 0.15) is 17.2 Å². The maximum absolute atomic E-state index is 5.82. The van der Waals surface area contributed by atoms with Gasteiger partial charge in [0.25, 0.3) is 0 Å². The molecule has 6 nitrogen and oxygen atoms in total. The zero-order valence-electron chi connectivity index (χ0n) is 15.0. The van der Waals surface area contributed by atoms with Gasteiger partial charge < -0.3 is 4.42 Å². The van der Waals surface area contributed by atoms with Gasteiger partial charge in [-0.25, -0.2) is 14.6 Å². The maximum Gasteiger partial charge on any atom is 0.195 e. The predicted molar refractivity (Wildman–Crippen MR) is 96.4 cm³/mol. The minimum absolute atomic E-state index is 0.559. The van der Waals surface area contributed by atoms with Crippen LogP contribution in [0.1, 0.15) is 36.8 Å². The Hall–Kier alpha value is -2.21. The largest absolute Gasteiger partial charge is 0.441 e. The van der Waals surface area contributed by atoms with Gasteiger partial charge in [-0.15, -0.1) is 0 Å². The summed E-state index contributed by atoms with van der Waals surface area (Å²) in [7, 11) is 0. The summed E-state index contributed by atoms with van der Waals surface area (Å²) in [6.07, 6.45) is 4.46. The lowest BCUT2D eigenvalue weighted by molar-refractivity contribution is 0.222. The van der Waals surface area contributed by atoms with Crippen LogP contribution < -0.4 is 0 Å². The summed E-state index contributed by atoms with van der Waals surface area (Å²) in [6.45, 7) is 7.18. The topological polar surface area (TPSA) is 60.0 Å². The molecule has 1 aliphatic heterocycles. The van der Waals surface area contributed by atoms with Crippen LogP contribution in [-0.2, 0) is 13.0 Å². The summed E-state index contributed by atoms with van der Waals surface area (Å²) in [5.74, 6) is 2.72. The Morgan fingerprint density at radius 2 is 2.08 bits per heavy atom. The zero-order chi connectivity index (χ0) is 17.2. The second-order valence-corrected chi connectivity index (χ2v) is 6.90. The lowest BCUT2D eigenvalue weighted by Gasteiger charge is -2.24. The van der Waals surface area contributed by atoms with Crippen LogP contribution >= 0.6 is 0 Å². The first-order valence-corrected chi connectivity index (χ1v) is 9.15. The number of aromatic nitrogens is 4. The van der Waals surface area contributed by atoms with Crippen LogP contribution in [0.5, 0.6) is 0 Å². The van der Waals surface area contributed by atoms with Crippen molar-refractivity contribution in [1.82, 2.24) is 24.6 Å². The van der Waals surface area contributed by atoms with E-state index in [0.29, 0.717) is 6.04 Å². The van der Waals surface area contributed by atoms with Crippen molar-refractivity contribution >= 4 is 11.1 Å². The Kier molecular flexibility index (Phi) is 4.53. The van der Waals surface area contributed by atoms with Crippen molar-refractivity contribution in [2.24, 2.45) is 0 Å². The van der Waals surface area contributed by atoms with Crippen LogP contribution in [0, 0.1) is 13.8 Å². The van der Waals surface area contributed by atoms with Crippen LogP contribution in [0.25, 0.3) is 11.1 Å². The van der Waals surface area contributed by atoms with Crippen LogP contribution in [0.15, 0.2) is 28.7 Å². The molecule has 6 heteroatoms. The molecule has 2 aromatic heterocycles. The van der Waals surface area contributed by atoms with Crippen molar-refractivity contribution in [3.63, 3.8) is 0 Å². The van der Waals surface area contributed by atoms with E-state index in [1.165, 1.54) is 19.4 Å². The maximum atomic E-state index is 5.82. The van der Waals surface area contributed by atoms with Crippen LogP contribution in [0.2, 0.25) is 0 Å². The SMILES string of the molecule is Cc1nc(C)n(C[C@H]2CCCN2CCCc2nc3ccccc3o2)n1. The molecule has 1 aromatic carbocycles. The zero-order valence-corrected chi connectivity index (χ0v) is 15.0. The molecule has 4 rings (SSSR count). The monoisotopic (exact) mass is 339 g/mol. The van der Waals surface area contributed by atoms with Gasteiger partial charge in [0, 0.05) is 12.5 Å². The van der Waals surface area contributed by atoms with Gasteiger partial charge in [-0.2, -0.15) is 5.10 Å². The normalized spacial score (nSPS) is 18.4. The van der Waals surface area contributed by atoms with E-state index in [1.54, 1.807) is 0 Å². The number of oxazole rings is 1. The molecule has 0 bridgehead atoms. The average Bonchev–Trinajstić information content (AvgIpc) is 3.27. The molecule has 1 fully saturated rings. The predicted octanol–water partition coefficient (Wildman–Crippen LogP) is 3.13. The fourth-order valence-corrected chi connectivity index (χ4v) is 3.79. The summed E-state index contributed by atoms with van der Waals surface area (Å²) < 4.78 is 7.88. The Labute approximate surface area is 147 Å². The number of rotatable bonds is 6. The lowest BCUT2D eigenvalue weighted by atomic mass is 10.2. The van der Waals surface area contributed by atoms with E-state index in [-0.39, 0.29) is 0 Å². The Balaban J connectivity index is 1.33. The fourth-order valence-electron chi connectivity index (χ4n) is 3.79. The third kappa shape index (κ3) is 3.58. The number of likely N-dealkylation sites (tertiary alicyclic amines) is 1. The minimum atomic E-state index is 0.559. The highest BCUT2D eigenvalue weighted by Crippen LogP contribution is 2.21. The molecule has 0 spiro atoms. The Morgan fingerprint density at radius 1 is 1.20 bits per heavy atom. The van der Waals surface area contributed by atoms with Crippen molar-refractivity contribution in [1.29, 1.82) is 0 Å². The summed E-state index contributed by atoms with van der Waals surface area (Å²) in [6, 6.07) is 8.52. The van der Waals surface area contributed by atoms with Gasteiger partial charge in [-0.1, -0.05) is 12.1 Å². The number of benzene rings is 1. The van der Waals surface area contributed by atoms with Crippen molar-refractivity contribution in [2.45, 2.75) is 52.1 Å². The number of hydrogen-bond acceptors (Lipinski definition) is 5. The second kappa shape index (κ2) is 6.96. The second-order valence-electron chi connectivity index (χ2n) is 6.90. The highest BCUT2D eigenvalue weighted by molar-refractivity contribution is 5.72. The number of hydrogen-bond donors (Lipinski definition) is 0. The molecule has 132 valence electrons. The molecule has 3 heterocycles. The van der Waals surface area contributed by atoms with Crippen molar-refractivity contribution in [3.8, 4) is 0 Å². The van der Waals surface area contributed by atoms with Crippen molar-refractivity contribution in [2.75, 3.05) is 13.1 Å². The Morgan fingerprint density at radius 3 is 2.88 bits per heavy atom. The van der Waals surface area contributed by atoms with E-state index in [0.717, 1.165) is 54.6 Å². The van der Waals surface area contributed by atoms with Gasteiger partial charge in [0.05, 0.1) is 6.54 Å². The molecule has 25 heavy (non-hydrogen) atoms. The van der Waals surface area contributed by atoms with E-state index in [9.17, 15) is 0 Å². The molecular weight excluding hydrogens is 314 g/mol. The van der Waals surface area contributed by atoms with E-state index in [1.807, 2.05) is 38.1 Å². The smallest absolute Gasteiger partial charge is 0.195 e. The molecule has 0 radical (unpaired) electrons. The van der Waals surface area contributed by atoms with Gasteiger partial charge in [-0.05, 0) is 58.3 Å². The Bertz CT molecular complexity index is 819. The molecule has 0 N–H and O–H groups in total. The highest BCUT2D eigenvalue weighted by Gasteiger charge is 2.25. The van der Waals surface area contributed by atoms with E-state index in [4.69, 9.17) is 4.42 Å². The summed E-state index contributed by atoms with van der Waals surface area (Å²) in [4.78, 5) is 11.6. The molecular formula is C19H25N5O. The lowest BCUT2D eigenvalue weighted by Crippen LogP contribution is -2.34.